The maximum atomic E-state index is 13.8. The number of carbonyl (C=O) groups is 2. The van der Waals surface area contributed by atoms with Gasteiger partial charge in [-0.2, -0.15) is 0 Å². The number of halogens is 1. The molecule has 6 heteroatoms. The van der Waals surface area contributed by atoms with E-state index < -0.39 is 5.54 Å². The summed E-state index contributed by atoms with van der Waals surface area (Å²) in [4.78, 5) is 32.4. The van der Waals surface area contributed by atoms with Gasteiger partial charge in [-0.3, -0.25) is 9.59 Å². The molecular weight excluding hydrogens is 398 g/mol. The highest BCUT2D eigenvalue weighted by Gasteiger charge is 2.56. The van der Waals surface area contributed by atoms with E-state index in [1.165, 1.54) is 0 Å². The zero-order valence-corrected chi connectivity index (χ0v) is 18.1. The van der Waals surface area contributed by atoms with Crippen LogP contribution >= 0.6 is 11.6 Å². The number of benzene rings is 2. The Balaban J connectivity index is 1.98. The van der Waals surface area contributed by atoms with Crippen LogP contribution in [0.3, 0.4) is 0 Å². The Kier molecular flexibility index (Phi) is 5.56. The molecule has 3 aromatic rings. The number of para-hydroxylation sites is 1. The molecule has 2 N–H and O–H groups in total. The fourth-order valence-electron chi connectivity index (χ4n) is 4.38. The Morgan fingerprint density at radius 3 is 2.67 bits per heavy atom. The largest absolute Gasteiger partial charge is 0.356 e. The molecule has 2 amide bonds. The molecule has 0 aliphatic carbocycles. The highest BCUT2D eigenvalue weighted by Crippen LogP contribution is 2.45. The minimum Gasteiger partial charge on any atom is -0.356 e. The average Bonchev–Trinajstić information content (AvgIpc) is 3.27. The Hall–Kier alpha value is -2.79. The van der Waals surface area contributed by atoms with Gasteiger partial charge in [0, 0.05) is 34.8 Å². The van der Waals surface area contributed by atoms with E-state index in [0.29, 0.717) is 34.9 Å². The van der Waals surface area contributed by atoms with E-state index >= 15 is 0 Å². The maximum Gasteiger partial charge on any atom is 0.256 e. The summed E-state index contributed by atoms with van der Waals surface area (Å²) in [6, 6.07) is 15.1. The number of nitrogens with zero attached hydrogens (tertiary/aromatic N) is 1. The Bertz CT molecular complexity index is 1070. The minimum atomic E-state index is -1.25. The van der Waals surface area contributed by atoms with Gasteiger partial charge >= 0.3 is 0 Å². The Morgan fingerprint density at radius 2 is 1.93 bits per heavy atom. The quantitative estimate of drug-likeness (QED) is 0.533. The van der Waals surface area contributed by atoms with Crippen LogP contribution in [0.4, 0.5) is 0 Å². The molecule has 0 spiro atoms. The zero-order chi connectivity index (χ0) is 21.3. The molecule has 156 valence electrons. The number of rotatable bonds is 7. The first-order valence-corrected chi connectivity index (χ1v) is 10.9. The Morgan fingerprint density at radius 1 is 1.13 bits per heavy atom. The van der Waals surface area contributed by atoms with Gasteiger partial charge in [-0.05, 0) is 42.5 Å². The number of aromatic nitrogens is 1. The van der Waals surface area contributed by atoms with Gasteiger partial charge in [0.15, 0.2) is 5.54 Å². The lowest BCUT2D eigenvalue weighted by molar-refractivity contribution is -0.130. The van der Waals surface area contributed by atoms with E-state index in [0.717, 1.165) is 30.2 Å². The van der Waals surface area contributed by atoms with Crippen LogP contribution in [0.5, 0.6) is 0 Å². The van der Waals surface area contributed by atoms with E-state index in [2.05, 4.69) is 17.2 Å². The zero-order valence-electron chi connectivity index (χ0n) is 17.3. The highest BCUT2D eigenvalue weighted by molar-refractivity contribution is 6.31. The van der Waals surface area contributed by atoms with Gasteiger partial charge in [-0.1, -0.05) is 56.1 Å². The first-order chi connectivity index (χ1) is 14.5. The van der Waals surface area contributed by atoms with Crippen molar-refractivity contribution in [3.05, 3.63) is 70.4 Å². The van der Waals surface area contributed by atoms with Gasteiger partial charge in [-0.25, -0.2) is 0 Å². The molecule has 4 rings (SSSR count). The third-order valence-corrected chi connectivity index (χ3v) is 6.00. The highest BCUT2D eigenvalue weighted by atomic mass is 35.5. The van der Waals surface area contributed by atoms with Gasteiger partial charge in [-0.15, -0.1) is 0 Å². The van der Waals surface area contributed by atoms with E-state index in [1.807, 2.05) is 43.3 Å². The van der Waals surface area contributed by atoms with Crippen molar-refractivity contribution in [2.45, 2.75) is 38.6 Å². The standard InChI is InChI=1S/C24H26ClN3O2/c1-3-5-12-26-23(30)24(21-14-16-8-6-7-9-20(16)27-21)19-11-10-17(25)15-18(19)22(29)28(24)13-4-2/h6-11,14-15,27H,3-5,12-13H2,1-2H3,(H,26,30). The van der Waals surface area contributed by atoms with Crippen LogP contribution in [0.2, 0.25) is 5.02 Å². The summed E-state index contributed by atoms with van der Waals surface area (Å²) >= 11 is 6.22. The van der Waals surface area contributed by atoms with Crippen LogP contribution in [0.1, 0.15) is 54.7 Å². The second kappa shape index (κ2) is 8.15. The second-order valence-electron chi connectivity index (χ2n) is 7.74. The van der Waals surface area contributed by atoms with Gasteiger partial charge in [0.05, 0.1) is 5.69 Å². The summed E-state index contributed by atoms with van der Waals surface area (Å²) in [6.07, 6.45) is 2.59. The molecular formula is C24H26ClN3O2. The van der Waals surface area contributed by atoms with E-state index in [9.17, 15) is 9.59 Å². The molecule has 2 heterocycles. The van der Waals surface area contributed by atoms with Crippen LogP contribution in [-0.4, -0.2) is 34.8 Å². The third-order valence-electron chi connectivity index (χ3n) is 5.76. The third kappa shape index (κ3) is 3.08. The molecule has 1 atom stereocenters. The van der Waals surface area contributed by atoms with Crippen molar-refractivity contribution in [3.8, 4) is 0 Å². The average molecular weight is 424 g/mol. The molecule has 1 aromatic heterocycles. The summed E-state index contributed by atoms with van der Waals surface area (Å²) in [7, 11) is 0. The first-order valence-electron chi connectivity index (χ1n) is 10.5. The fraction of sp³-hybridized carbons (Fsp3) is 0.333. The summed E-state index contributed by atoms with van der Waals surface area (Å²) in [6.45, 7) is 5.11. The number of fused-ring (bicyclic) bond motifs is 2. The smallest absolute Gasteiger partial charge is 0.256 e. The molecule has 0 fully saturated rings. The van der Waals surface area contributed by atoms with Crippen molar-refractivity contribution in [1.82, 2.24) is 15.2 Å². The van der Waals surface area contributed by atoms with Gasteiger partial charge in [0.2, 0.25) is 0 Å². The molecule has 2 aromatic carbocycles. The first kappa shape index (κ1) is 20.5. The predicted molar refractivity (Wildman–Crippen MR) is 120 cm³/mol. The maximum absolute atomic E-state index is 13.8. The van der Waals surface area contributed by atoms with Crippen molar-refractivity contribution >= 4 is 34.3 Å². The van der Waals surface area contributed by atoms with E-state index in [4.69, 9.17) is 11.6 Å². The molecule has 0 saturated heterocycles. The molecule has 0 bridgehead atoms. The lowest BCUT2D eigenvalue weighted by Crippen LogP contribution is -2.55. The van der Waals surface area contributed by atoms with Crippen LogP contribution < -0.4 is 5.32 Å². The summed E-state index contributed by atoms with van der Waals surface area (Å²) in [5, 5.41) is 4.57. The number of amides is 2. The fourth-order valence-corrected chi connectivity index (χ4v) is 4.55. The molecule has 5 nitrogen and oxygen atoms in total. The van der Waals surface area contributed by atoms with Crippen molar-refractivity contribution < 1.29 is 9.59 Å². The lowest BCUT2D eigenvalue weighted by atomic mass is 9.85. The van der Waals surface area contributed by atoms with Crippen molar-refractivity contribution in [2.75, 3.05) is 13.1 Å². The van der Waals surface area contributed by atoms with E-state index in [-0.39, 0.29) is 11.8 Å². The summed E-state index contributed by atoms with van der Waals surface area (Å²) < 4.78 is 0. The molecule has 1 aliphatic heterocycles. The molecule has 1 unspecified atom stereocenters. The number of carbonyl (C=O) groups excluding carboxylic acids is 2. The Labute approximate surface area is 181 Å². The topological polar surface area (TPSA) is 65.2 Å². The van der Waals surface area contributed by atoms with Crippen molar-refractivity contribution in [2.24, 2.45) is 0 Å². The van der Waals surface area contributed by atoms with Crippen molar-refractivity contribution in [3.63, 3.8) is 0 Å². The number of nitrogens with one attached hydrogen (secondary N) is 2. The molecule has 30 heavy (non-hydrogen) atoms. The van der Waals surface area contributed by atoms with Crippen molar-refractivity contribution in [1.29, 1.82) is 0 Å². The van der Waals surface area contributed by atoms with Crippen LogP contribution in [0, 0.1) is 0 Å². The number of hydrogen-bond acceptors (Lipinski definition) is 2. The second-order valence-corrected chi connectivity index (χ2v) is 8.17. The van der Waals surface area contributed by atoms with E-state index in [1.54, 1.807) is 17.0 Å². The summed E-state index contributed by atoms with van der Waals surface area (Å²) in [5.41, 5.74) is 1.53. The monoisotopic (exact) mass is 423 g/mol. The number of aromatic amines is 1. The SMILES string of the molecule is CCCCNC(=O)C1(c2cc3ccccc3[nH]2)c2ccc(Cl)cc2C(=O)N1CCC. The predicted octanol–water partition coefficient (Wildman–Crippen LogP) is 4.85. The van der Waals surface area contributed by atoms with Crippen LogP contribution in [-0.2, 0) is 10.3 Å². The van der Waals surface area contributed by atoms with Gasteiger partial charge in [0.1, 0.15) is 0 Å². The lowest BCUT2D eigenvalue weighted by Gasteiger charge is -2.37. The molecule has 0 saturated carbocycles. The number of hydrogen-bond donors (Lipinski definition) is 2. The van der Waals surface area contributed by atoms with Gasteiger partial charge < -0.3 is 15.2 Å². The van der Waals surface area contributed by atoms with Gasteiger partial charge in [0.25, 0.3) is 11.8 Å². The molecule has 0 radical (unpaired) electrons. The minimum absolute atomic E-state index is 0.168. The number of H-pyrrole nitrogens is 1. The normalized spacial score (nSPS) is 18.1. The number of unbranched alkanes of at least 4 members (excludes halogenated alkanes) is 1. The van der Waals surface area contributed by atoms with Crippen LogP contribution in [0.15, 0.2) is 48.5 Å². The van der Waals surface area contributed by atoms with Crippen LogP contribution in [0.25, 0.3) is 10.9 Å². The summed E-state index contributed by atoms with van der Waals surface area (Å²) in [5.74, 6) is -0.357. The molecule has 1 aliphatic rings.